The van der Waals surface area contributed by atoms with Crippen molar-refractivity contribution in [2.75, 3.05) is 0 Å². The van der Waals surface area contributed by atoms with Crippen LogP contribution >= 0.6 is 15.9 Å². The van der Waals surface area contributed by atoms with Crippen molar-refractivity contribution in [3.63, 3.8) is 0 Å². The number of aromatic nitrogens is 1. The average molecular weight is 228 g/mol. The van der Waals surface area contributed by atoms with E-state index in [1.165, 1.54) is 4.98 Å². The van der Waals surface area contributed by atoms with Crippen molar-refractivity contribution in [3.05, 3.63) is 32.4 Å². The summed E-state index contributed by atoms with van der Waals surface area (Å²) in [5, 5.41) is 0. The van der Waals surface area contributed by atoms with E-state index >= 15 is 0 Å². The molecule has 0 amide bonds. The van der Waals surface area contributed by atoms with E-state index in [1.807, 2.05) is 0 Å². The SMILES string of the molecule is O=c1[nH]c(F)c(F)c(Br)c1F. The first kappa shape index (κ1) is 8.32. The molecule has 1 N–H and O–H groups in total. The van der Waals surface area contributed by atoms with Crippen molar-refractivity contribution in [2.45, 2.75) is 0 Å². The molecule has 11 heavy (non-hydrogen) atoms. The number of halogens is 4. The molecule has 1 aromatic heterocycles. The normalized spacial score (nSPS) is 10.2. The van der Waals surface area contributed by atoms with Crippen molar-refractivity contribution in [1.82, 2.24) is 4.98 Å². The highest BCUT2D eigenvalue weighted by atomic mass is 79.9. The van der Waals surface area contributed by atoms with Gasteiger partial charge in [-0.3, -0.25) is 9.78 Å². The standard InChI is InChI=1S/C5HBrF3NO/c6-1-2(7)4(9)10-5(11)3(1)8/h(H,10,11). The number of rotatable bonds is 0. The Kier molecular flexibility index (Phi) is 2.03. The summed E-state index contributed by atoms with van der Waals surface area (Å²) >= 11 is 2.37. The van der Waals surface area contributed by atoms with Gasteiger partial charge >= 0.3 is 0 Å². The number of hydrogen-bond donors (Lipinski definition) is 1. The monoisotopic (exact) mass is 227 g/mol. The van der Waals surface area contributed by atoms with Crippen molar-refractivity contribution < 1.29 is 13.2 Å². The minimum atomic E-state index is -1.48. The van der Waals surface area contributed by atoms with E-state index in [9.17, 15) is 18.0 Å². The molecule has 0 aliphatic heterocycles. The third-order valence-electron chi connectivity index (χ3n) is 1.00. The maximum absolute atomic E-state index is 12.4. The van der Waals surface area contributed by atoms with Crippen LogP contribution in [0.1, 0.15) is 0 Å². The highest BCUT2D eigenvalue weighted by Gasteiger charge is 2.14. The van der Waals surface area contributed by atoms with Crippen LogP contribution in [-0.4, -0.2) is 4.98 Å². The number of aromatic amines is 1. The van der Waals surface area contributed by atoms with Gasteiger partial charge in [0.05, 0.1) is 4.47 Å². The molecule has 1 rings (SSSR count). The van der Waals surface area contributed by atoms with Gasteiger partial charge < -0.3 is 0 Å². The first-order valence-corrected chi connectivity index (χ1v) is 3.25. The van der Waals surface area contributed by atoms with Crippen LogP contribution in [0.3, 0.4) is 0 Å². The molecule has 0 radical (unpaired) electrons. The molecule has 1 heterocycles. The molecule has 1 aromatic rings. The zero-order chi connectivity index (χ0) is 8.59. The predicted octanol–water partition coefficient (Wildman–Crippen LogP) is 1.55. The molecule has 2 nitrogen and oxygen atoms in total. The topological polar surface area (TPSA) is 32.9 Å². The number of H-pyrrole nitrogens is 1. The summed E-state index contributed by atoms with van der Waals surface area (Å²) in [6.07, 6.45) is 0. The maximum Gasteiger partial charge on any atom is 0.287 e. The second-order valence-electron chi connectivity index (χ2n) is 1.71. The van der Waals surface area contributed by atoms with Crippen LogP contribution in [0.2, 0.25) is 0 Å². The summed E-state index contributed by atoms with van der Waals surface area (Å²) in [4.78, 5) is 11.7. The van der Waals surface area contributed by atoms with Gasteiger partial charge in [0.25, 0.3) is 5.56 Å². The third kappa shape index (κ3) is 1.30. The number of hydrogen-bond acceptors (Lipinski definition) is 1. The smallest absolute Gasteiger partial charge is 0.287 e. The second-order valence-corrected chi connectivity index (χ2v) is 2.50. The Balaban J connectivity index is 3.59. The second kappa shape index (κ2) is 2.69. The van der Waals surface area contributed by atoms with E-state index in [2.05, 4.69) is 15.9 Å². The molecule has 0 bridgehead atoms. The van der Waals surface area contributed by atoms with Gasteiger partial charge in [0.1, 0.15) is 0 Å². The summed E-state index contributed by atoms with van der Waals surface area (Å²) in [7, 11) is 0. The molecule has 0 spiro atoms. The van der Waals surface area contributed by atoms with Crippen LogP contribution in [-0.2, 0) is 0 Å². The molecular formula is C5HBrF3NO. The lowest BCUT2D eigenvalue weighted by Gasteiger charge is -1.95. The van der Waals surface area contributed by atoms with Gasteiger partial charge in [0.15, 0.2) is 5.82 Å². The summed E-state index contributed by atoms with van der Waals surface area (Å²) in [5.74, 6) is -4.30. The lowest BCUT2D eigenvalue weighted by molar-refractivity contribution is 0.451. The Morgan fingerprint density at radius 1 is 1.18 bits per heavy atom. The molecule has 0 saturated heterocycles. The van der Waals surface area contributed by atoms with Gasteiger partial charge in [-0.1, -0.05) is 0 Å². The third-order valence-corrected chi connectivity index (χ3v) is 1.70. The first-order chi connectivity index (χ1) is 5.04. The van der Waals surface area contributed by atoms with E-state index in [4.69, 9.17) is 0 Å². The Bertz CT molecular complexity index is 348. The molecule has 60 valence electrons. The van der Waals surface area contributed by atoms with Crippen molar-refractivity contribution in [2.24, 2.45) is 0 Å². The van der Waals surface area contributed by atoms with Gasteiger partial charge in [-0.25, -0.2) is 4.39 Å². The number of nitrogens with one attached hydrogen (secondary N) is 1. The molecule has 0 atom stereocenters. The van der Waals surface area contributed by atoms with Crippen LogP contribution < -0.4 is 5.56 Å². The molecule has 0 saturated carbocycles. The molecule has 0 aliphatic rings. The maximum atomic E-state index is 12.4. The van der Waals surface area contributed by atoms with Gasteiger partial charge in [0.2, 0.25) is 11.8 Å². The van der Waals surface area contributed by atoms with E-state index in [-0.39, 0.29) is 0 Å². The van der Waals surface area contributed by atoms with Gasteiger partial charge in [-0.2, -0.15) is 8.78 Å². The molecule has 0 unspecified atom stereocenters. The highest BCUT2D eigenvalue weighted by molar-refractivity contribution is 9.10. The summed E-state index contributed by atoms with van der Waals surface area (Å²) in [6, 6.07) is 0. The summed E-state index contributed by atoms with van der Waals surface area (Å²) in [5.41, 5.74) is -1.30. The van der Waals surface area contributed by atoms with E-state index in [0.717, 1.165) is 0 Å². The highest BCUT2D eigenvalue weighted by Crippen LogP contribution is 2.16. The quantitative estimate of drug-likeness (QED) is 0.671. The fraction of sp³-hybridized carbons (Fsp3) is 0. The molecule has 0 fully saturated rings. The summed E-state index contributed by atoms with van der Waals surface area (Å²) < 4.78 is 36.1. The minimum absolute atomic E-state index is 0.793. The molecule has 0 aliphatic carbocycles. The van der Waals surface area contributed by atoms with E-state index in [1.54, 1.807) is 0 Å². The Hall–Kier alpha value is -0.780. The van der Waals surface area contributed by atoms with Crippen molar-refractivity contribution in [3.8, 4) is 0 Å². The Labute approximate surface area is 67.2 Å². The van der Waals surface area contributed by atoms with Crippen molar-refractivity contribution >= 4 is 15.9 Å². The van der Waals surface area contributed by atoms with E-state index < -0.39 is 27.6 Å². The predicted molar refractivity (Wildman–Crippen MR) is 34.6 cm³/mol. The van der Waals surface area contributed by atoms with Gasteiger partial charge in [-0.15, -0.1) is 0 Å². The minimum Gasteiger partial charge on any atom is -0.294 e. The lowest BCUT2D eigenvalue weighted by Crippen LogP contribution is -2.15. The lowest BCUT2D eigenvalue weighted by atomic mass is 10.4. The average Bonchev–Trinajstić information content (AvgIpc) is 1.97. The molecule has 0 aromatic carbocycles. The fourth-order valence-electron chi connectivity index (χ4n) is 0.502. The van der Waals surface area contributed by atoms with E-state index in [0.29, 0.717) is 0 Å². The zero-order valence-electron chi connectivity index (χ0n) is 4.92. The van der Waals surface area contributed by atoms with Crippen LogP contribution in [0.25, 0.3) is 0 Å². The first-order valence-electron chi connectivity index (χ1n) is 2.46. The van der Waals surface area contributed by atoms with Crippen LogP contribution in [0.15, 0.2) is 9.27 Å². The van der Waals surface area contributed by atoms with Gasteiger partial charge in [-0.05, 0) is 15.9 Å². The number of pyridine rings is 1. The largest absolute Gasteiger partial charge is 0.294 e. The van der Waals surface area contributed by atoms with Crippen LogP contribution in [0, 0.1) is 17.6 Å². The summed E-state index contributed by atoms with van der Waals surface area (Å²) in [6.45, 7) is 0. The van der Waals surface area contributed by atoms with Crippen LogP contribution in [0.5, 0.6) is 0 Å². The zero-order valence-corrected chi connectivity index (χ0v) is 6.51. The van der Waals surface area contributed by atoms with Crippen LogP contribution in [0.4, 0.5) is 13.2 Å². The Morgan fingerprint density at radius 2 is 1.73 bits per heavy atom. The Morgan fingerprint density at radius 3 is 2.27 bits per heavy atom. The fourth-order valence-corrected chi connectivity index (χ4v) is 0.856. The molecular weight excluding hydrogens is 227 g/mol. The van der Waals surface area contributed by atoms with Gasteiger partial charge in [0, 0.05) is 0 Å². The van der Waals surface area contributed by atoms with Crippen molar-refractivity contribution in [1.29, 1.82) is 0 Å². The molecule has 6 heteroatoms.